The van der Waals surface area contributed by atoms with E-state index in [2.05, 4.69) is 45.0 Å². The van der Waals surface area contributed by atoms with Crippen LogP contribution >= 0.6 is 11.6 Å². The zero-order valence-corrected chi connectivity index (χ0v) is 14.0. The Morgan fingerprint density at radius 3 is 1.93 bits per heavy atom. The molecule has 0 bridgehead atoms. The van der Waals surface area contributed by atoms with Gasteiger partial charge in [-0.05, 0) is 18.9 Å². The summed E-state index contributed by atoms with van der Waals surface area (Å²) in [7, 11) is -2.01. The van der Waals surface area contributed by atoms with Gasteiger partial charge in [0.2, 0.25) is 0 Å². The zero-order valence-electron chi connectivity index (χ0n) is 11.3. The predicted molar refractivity (Wildman–Crippen MR) is 79.5 cm³/mol. The molecule has 0 saturated heterocycles. The minimum absolute atomic E-state index is 0.800. The fourth-order valence-electron chi connectivity index (χ4n) is 1.80. The van der Waals surface area contributed by atoms with Crippen molar-refractivity contribution in [3.05, 3.63) is 11.3 Å². The highest BCUT2D eigenvalue weighted by Gasteiger charge is 2.18. The Morgan fingerprint density at radius 1 is 1.07 bits per heavy atom. The summed E-state index contributed by atoms with van der Waals surface area (Å²) >= 11 is 5.78. The molecule has 0 unspecified atom stereocenters. The van der Waals surface area contributed by atoms with Crippen molar-refractivity contribution in [3.8, 4) is 0 Å². The van der Waals surface area contributed by atoms with Crippen LogP contribution in [0.3, 0.4) is 0 Å². The highest BCUT2D eigenvalue weighted by atomic mass is 35.5. The molecule has 0 amide bonds. The van der Waals surface area contributed by atoms with Crippen molar-refractivity contribution in [1.82, 2.24) is 0 Å². The number of hydrogen-bond acceptors (Lipinski definition) is 0. The van der Waals surface area contributed by atoms with E-state index in [0.717, 1.165) is 12.3 Å². The van der Waals surface area contributed by atoms with Gasteiger partial charge in [0.25, 0.3) is 0 Å². The van der Waals surface area contributed by atoms with Crippen LogP contribution in [-0.2, 0) is 0 Å². The van der Waals surface area contributed by atoms with Crippen molar-refractivity contribution in [2.75, 3.05) is 5.88 Å². The van der Waals surface area contributed by atoms with Gasteiger partial charge in [-0.25, -0.2) is 0 Å². The van der Waals surface area contributed by atoms with Gasteiger partial charge in [-0.1, -0.05) is 50.6 Å². The quantitative estimate of drug-likeness (QED) is 0.459. The van der Waals surface area contributed by atoms with Crippen LogP contribution in [0.2, 0.25) is 45.3 Å². The molecule has 3 heteroatoms. The SMILES string of the molecule is C[Si](C)(C)/C=C(\CCCCl)C[Si](C)(C)C. The smallest absolute Gasteiger partial charge is 0.0686 e. The fraction of sp³-hybridized carbons (Fsp3) is 0.833. The summed E-state index contributed by atoms with van der Waals surface area (Å²) in [5.41, 5.74) is 4.28. The molecular formula is C12H27ClSi2. The number of rotatable bonds is 6. The third kappa shape index (κ3) is 10.7. The first-order valence-corrected chi connectivity index (χ1v) is 13.7. The molecule has 0 aromatic rings. The summed E-state index contributed by atoms with van der Waals surface area (Å²) in [4.78, 5) is 0. The van der Waals surface area contributed by atoms with Crippen molar-refractivity contribution < 1.29 is 0 Å². The first kappa shape index (κ1) is 15.5. The van der Waals surface area contributed by atoms with Crippen molar-refractivity contribution in [3.63, 3.8) is 0 Å². The predicted octanol–water partition coefficient (Wildman–Crippen LogP) is 5.15. The highest BCUT2D eigenvalue weighted by molar-refractivity contribution is 6.81. The highest BCUT2D eigenvalue weighted by Crippen LogP contribution is 2.23. The average molecular weight is 263 g/mol. The van der Waals surface area contributed by atoms with Gasteiger partial charge in [-0.3, -0.25) is 0 Å². The summed E-state index contributed by atoms with van der Waals surface area (Å²) in [5.74, 6) is 0.800. The van der Waals surface area contributed by atoms with Crippen LogP contribution in [0.5, 0.6) is 0 Å². The molecule has 0 aromatic carbocycles. The molecule has 0 spiro atoms. The van der Waals surface area contributed by atoms with Gasteiger partial charge in [0.15, 0.2) is 0 Å². The summed E-state index contributed by atoms with van der Waals surface area (Å²) in [6.07, 6.45) is 2.36. The van der Waals surface area contributed by atoms with Crippen molar-refractivity contribution in [2.24, 2.45) is 0 Å². The Bertz CT molecular complexity index is 209. The molecule has 0 nitrogen and oxygen atoms in total. The van der Waals surface area contributed by atoms with Crippen molar-refractivity contribution >= 4 is 27.7 Å². The Labute approximate surface area is 103 Å². The minimum Gasteiger partial charge on any atom is -0.127 e. The van der Waals surface area contributed by atoms with E-state index in [1.165, 1.54) is 12.5 Å². The number of allylic oxidation sites excluding steroid dienone is 1. The Kier molecular flexibility index (Phi) is 6.45. The molecule has 0 aromatic heterocycles. The number of halogens is 1. The minimum atomic E-state index is -1.05. The molecule has 0 saturated carbocycles. The van der Waals surface area contributed by atoms with E-state index < -0.39 is 16.1 Å². The molecule has 90 valence electrons. The lowest BCUT2D eigenvalue weighted by Gasteiger charge is -2.21. The lowest BCUT2D eigenvalue weighted by Crippen LogP contribution is -2.23. The van der Waals surface area contributed by atoms with E-state index in [1.807, 2.05) is 0 Å². The van der Waals surface area contributed by atoms with Gasteiger partial charge in [0.05, 0.1) is 8.07 Å². The Balaban J connectivity index is 4.52. The first-order chi connectivity index (χ1) is 6.64. The maximum Gasteiger partial charge on any atom is 0.0686 e. The van der Waals surface area contributed by atoms with E-state index in [4.69, 9.17) is 11.6 Å². The lowest BCUT2D eigenvalue weighted by atomic mass is 10.2. The summed E-state index contributed by atoms with van der Waals surface area (Å²) < 4.78 is 0. The third-order valence-corrected chi connectivity index (χ3v) is 5.08. The normalized spacial score (nSPS) is 14.5. The summed E-state index contributed by atoms with van der Waals surface area (Å²) in [5, 5.41) is 0. The van der Waals surface area contributed by atoms with Crippen LogP contribution < -0.4 is 0 Å². The first-order valence-electron chi connectivity index (χ1n) is 5.91. The van der Waals surface area contributed by atoms with Crippen molar-refractivity contribution in [2.45, 2.75) is 58.2 Å². The van der Waals surface area contributed by atoms with Gasteiger partial charge in [-0.2, -0.15) is 0 Å². The van der Waals surface area contributed by atoms with Crippen LogP contribution in [0.25, 0.3) is 0 Å². The molecule has 0 fully saturated rings. The standard InChI is InChI=1S/C12H27ClSi2/c1-14(2,3)10-12(8-7-9-13)11-15(4,5)6/h10H,7-9,11H2,1-6H3/b12-10+. The largest absolute Gasteiger partial charge is 0.127 e. The molecule has 0 aliphatic heterocycles. The second-order valence-electron chi connectivity index (χ2n) is 6.70. The van der Waals surface area contributed by atoms with Crippen LogP contribution in [0.1, 0.15) is 12.8 Å². The average Bonchev–Trinajstić information content (AvgIpc) is 1.94. The second kappa shape index (κ2) is 6.26. The molecule has 0 atom stereocenters. The molecule has 0 aliphatic carbocycles. The molecule has 0 aliphatic rings. The summed E-state index contributed by atoms with van der Waals surface area (Å²) in [6.45, 7) is 14.6. The molecule has 15 heavy (non-hydrogen) atoms. The van der Waals surface area contributed by atoms with Gasteiger partial charge >= 0.3 is 0 Å². The summed E-state index contributed by atoms with van der Waals surface area (Å²) in [6, 6.07) is 1.36. The molecule has 0 rings (SSSR count). The monoisotopic (exact) mass is 262 g/mol. The molecule has 0 heterocycles. The van der Waals surface area contributed by atoms with Gasteiger partial charge < -0.3 is 0 Å². The van der Waals surface area contributed by atoms with Crippen LogP contribution in [0, 0.1) is 0 Å². The van der Waals surface area contributed by atoms with Crippen LogP contribution in [-0.4, -0.2) is 22.0 Å². The number of alkyl halides is 1. The Hall–Kier alpha value is 0.464. The third-order valence-electron chi connectivity index (χ3n) is 2.03. The molecular weight excluding hydrogens is 236 g/mol. The van der Waals surface area contributed by atoms with E-state index in [0.29, 0.717) is 0 Å². The van der Waals surface area contributed by atoms with E-state index in [9.17, 15) is 0 Å². The fourth-order valence-corrected chi connectivity index (χ4v) is 5.25. The maximum atomic E-state index is 5.78. The van der Waals surface area contributed by atoms with Crippen molar-refractivity contribution in [1.29, 1.82) is 0 Å². The molecule has 0 radical (unpaired) electrons. The molecule has 0 N–H and O–H groups in total. The van der Waals surface area contributed by atoms with Crippen LogP contribution in [0.15, 0.2) is 11.3 Å². The topological polar surface area (TPSA) is 0 Å². The second-order valence-corrected chi connectivity index (χ2v) is 17.6. The van der Waals surface area contributed by atoms with E-state index >= 15 is 0 Å². The Morgan fingerprint density at radius 2 is 1.60 bits per heavy atom. The number of hydrogen-bond donors (Lipinski definition) is 0. The zero-order chi connectivity index (χ0) is 12.1. The van der Waals surface area contributed by atoms with Gasteiger partial charge in [0.1, 0.15) is 0 Å². The van der Waals surface area contributed by atoms with E-state index in [1.54, 1.807) is 5.57 Å². The van der Waals surface area contributed by atoms with Crippen LogP contribution in [0.4, 0.5) is 0 Å². The lowest BCUT2D eigenvalue weighted by molar-refractivity contribution is 0.907. The maximum absolute atomic E-state index is 5.78. The van der Waals surface area contributed by atoms with Gasteiger partial charge in [0, 0.05) is 14.0 Å². The van der Waals surface area contributed by atoms with E-state index in [-0.39, 0.29) is 0 Å². The van der Waals surface area contributed by atoms with Gasteiger partial charge in [-0.15, -0.1) is 11.6 Å².